The molecule has 35 heavy (non-hydrogen) atoms. The molecular formula is C26H18N6O3. The molecule has 5 aromatic carbocycles. The molecule has 3 N–H and O–H groups in total. The summed E-state index contributed by atoms with van der Waals surface area (Å²) in [4.78, 5) is 10.3. The summed E-state index contributed by atoms with van der Waals surface area (Å²) >= 11 is 0. The molecule has 0 fully saturated rings. The van der Waals surface area contributed by atoms with Gasteiger partial charge in [-0.25, -0.2) is 0 Å². The first kappa shape index (κ1) is 21.7. The van der Waals surface area contributed by atoms with Crippen LogP contribution >= 0.6 is 0 Å². The predicted octanol–water partition coefficient (Wildman–Crippen LogP) is 8.02. The maximum absolute atomic E-state index is 10.9. The number of nitrogens with zero attached hydrogens (tertiary/aromatic N) is 5. The van der Waals surface area contributed by atoms with Crippen LogP contribution in [0.4, 0.5) is 34.1 Å². The fourth-order valence-corrected chi connectivity index (χ4v) is 3.72. The average molecular weight is 462 g/mol. The van der Waals surface area contributed by atoms with Gasteiger partial charge in [0.05, 0.1) is 28.1 Å². The number of hydrogen-bond acceptors (Lipinski definition) is 8. The minimum absolute atomic E-state index is 0.124. The largest absolute Gasteiger partial charge is 0.505 e. The van der Waals surface area contributed by atoms with Gasteiger partial charge in [-0.1, -0.05) is 42.5 Å². The van der Waals surface area contributed by atoms with Crippen LogP contribution < -0.4 is 5.73 Å². The molecule has 0 aliphatic carbocycles. The Labute approximate surface area is 199 Å². The number of rotatable bonds is 5. The molecule has 9 heteroatoms. The van der Waals surface area contributed by atoms with Gasteiger partial charge >= 0.3 is 0 Å². The molecule has 0 aliphatic rings. The molecule has 9 nitrogen and oxygen atoms in total. The monoisotopic (exact) mass is 462 g/mol. The van der Waals surface area contributed by atoms with Gasteiger partial charge in [-0.15, -0.1) is 15.3 Å². The molecule has 0 unspecified atom stereocenters. The van der Waals surface area contributed by atoms with E-state index in [1.807, 2.05) is 60.7 Å². The van der Waals surface area contributed by atoms with Crippen molar-refractivity contribution in [2.45, 2.75) is 0 Å². The van der Waals surface area contributed by atoms with Crippen LogP contribution in [0.3, 0.4) is 0 Å². The number of phenolic OH excluding ortho intramolecular Hbond substituents is 1. The van der Waals surface area contributed by atoms with Gasteiger partial charge in [-0.2, -0.15) is 5.11 Å². The number of non-ortho nitro benzene ring substituents is 1. The van der Waals surface area contributed by atoms with Crippen molar-refractivity contribution in [1.29, 1.82) is 0 Å². The van der Waals surface area contributed by atoms with E-state index in [0.717, 1.165) is 27.6 Å². The number of fused-ring (bicyclic) bond motifs is 2. The number of aromatic hydroxyl groups is 1. The van der Waals surface area contributed by atoms with Crippen LogP contribution in [0, 0.1) is 10.1 Å². The number of nitro benzene ring substituents is 1. The fraction of sp³-hybridized carbons (Fsp3) is 0. The van der Waals surface area contributed by atoms with Gasteiger partial charge in [0.2, 0.25) is 0 Å². The maximum Gasteiger partial charge on any atom is 0.273 e. The minimum Gasteiger partial charge on any atom is -0.505 e. The van der Waals surface area contributed by atoms with Gasteiger partial charge < -0.3 is 10.8 Å². The van der Waals surface area contributed by atoms with Crippen molar-refractivity contribution >= 4 is 55.7 Å². The van der Waals surface area contributed by atoms with Crippen molar-refractivity contribution in [2.24, 2.45) is 20.5 Å². The third kappa shape index (κ3) is 4.38. The third-order valence-electron chi connectivity index (χ3n) is 5.49. The van der Waals surface area contributed by atoms with E-state index < -0.39 is 4.92 Å². The van der Waals surface area contributed by atoms with Gasteiger partial charge in [-0.05, 0) is 41.8 Å². The van der Waals surface area contributed by atoms with Crippen LogP contribution in [-0.2, 0) is 0 Å². The fourth-order valence-electron chi connectivity index (χ4n) is 3.72. The van der Waals surface area contributed by atoms with E-state index in [1.165, 1.54) is 12.1 Å². The van der Waals surface area contributed by atoms with E-state index in [2.05, 4.69) is 20.5 Å². The van der Waals surface area contributed by atoms with Crippen LogP contribution in [0.2, 0.25) is 0 Å². The molecule has 0 spiro atoms. The maximum atomic E-state index is 10.9. The summed E-state index contributed by atoms with van der Waals surface area (Å²) in [6.07, 6.45) is 0. The lowest BCUT2D eigenvalue weighted by molar-refractivity contribution is -0.384. The summed E-state index contributed by atoms with van der Waals surface area (Å²) in [6.45, 7) is 0. The highest BCUT2D eigenvalue weighted by Gasteiger charge is 2.10. The summed E-state index contributed by atoms with van der Waals surface area (Å²) in [7, 11) is 0. The van der Waals surface area contributed by atoms with Gasteiger partial charge in [0.15, 0.2) is 0 Å². The highest BCUT2D eigenvalue weighted by atomic mass is 16.6. The zero-order valence-corrected chi connectivity index (χ0v) is 18.2. The second-order valence-electron chi connectivity index (χ2n) is 7.73. The Hall–Kier alpha value is -5.18. The molecular weight excluding hydrogens is 444 g/mol. The van der Waals surface area contributed by atoms with E-state index in [4.69, 9.17) is 5.73 Å². The Bertz CT molecular complexity index is 1660. The summed E-state index contributed by atoms with van der Waals surface area (Å²) in [5.41, 5.74) is 8.55. The smallest absolute Gasteiger partial charge is 0.273 e. The Kier molecular flexibility index (Phi) is 5.56. The number of nitrogens with two attached hydrogens (primary N) is 1. The minimum atomic E-state index is -0.589. The normalized spacial score (nSPS) is 11.7. The van der Waals surface area contributed by atoms with Crippen LogP contribution in [0.5, 0.6) is 5.75 Å². The SMILES string of the molecule is Nc1cccc2ccc(N=Nc3ccc(N=Nc4ccc([N+](=O)[O-])cc4O)c4ccccc34)cc12. The number of phenols is 1. The first-order chi connectivity index (χ1) is 17.0. The van der Waals surface area contributed by atoms with E-state index in [-0.39, 0.29) is 17.1 Å². The molecule has 170 valence electrons. The van der Waals surface area contributed by atoms with Crippen molar-refractivity contribution < 1.29 is 10.0 Å². The second-order valence-corrected chi connectivity index (χ2v) is 7.73. The third-order valence-corrected chi connectivity index (χ3v) is 5.49. The first-order valence-electron chi connectivity index (χ1n) is 10.6. The first-order valence-corrected chi connectivity index (χ1v) is 10.6. The van der Waals surface area contributed by atoms with Crippen molar-refractivity contribution in [3.63, 3.8) is 0 Å². The Morgan fingerprint density at radius 1 is 0.686 bits per heavy atom. The van der Waals surface area contributed by atoms with Crippen LogP contribution in [0.15, 0.2) is 111 Å². The zero-order valence-electron chi connectivity index (χ0n) is 18.2. The quantitative estimate of drug-likeness (QED) is 0.118. The van der Waals surface area contributed by atoms with Crippen molar-refractivity contribution in [3.05, 3.63) is 101 Å². The Balaban J connectivity index is 1.48. The standard InChI is InChI=1S/C26H18N6O3/c27-22-7-3-4-16-8-9-17(14-21(16)22)28-29-23-12-13-24(20-6-2-1-5-19(20)23)30-31-25-11-10-18(32(34)35)15-26(25)33/h1-15,33H,27H2. The van der Waals surface area contributed by atoms with E-state index in [1.54, 1.807) is 12.1 Å². The molecule has 5 aromatic rings. The number of hydrogen-bond donors (Lipinski definition) is 2. The lowest BCUT2D eigenvalue weighted by Gasteiger charge is -2.05. The lowest BCUT2D eigenvalue weighted by atomic mass is 10.1. The number of benzene rings is 5. The van der Waals surface area contributed by atoms with E-state index in [9.17, 15) is 15.2 Å². The van der Waals surface area contributed by atoms with E-state index >= 15 is 0 Å². The summed E-state index contributed by atoms with van der Waals surface area (Å²) in [5, 5.41) is 41.6. The average Bonchev–Trinajstić information content (AvgIpc) is 2.87. The summed E-state index contributed by atoms with van der Waals surface area (Å²) in [5.74, 6) is -0.325. The number of nitrogen functional groups attached to an aromatic ring is 1. The van der Waals surface area contributed by atoms with E-state index in [0.29, 0.717) is 22.7 Å². The molecule has 0 heterocycles. The molecule has 0 atom stereocenters. The van der Waals surface area contributed by atoms with Crippen molar-refractivity contribution in [3.8, 4) is 5.75 Å². The molecule has 5 rings (SSSR count). The summed E-state index contributed by atoms with van der Waals surface area (Å²) < 4.78 is 0. The predicted molar refractivity (Wildman–Crippen MR) is 135 cm³/mol. The van der Waals surface area contributed by atoms with Gasteiger partial charge in [0.1, 0.15) is 11.4 Å². The molecule has 0 saturated carbocycles. The molecule has 0 aromatic heterocycles. The van der Waals surface area contributed by atoms with Gasteiger partial charge in [0.25, 0.3) is 5.69 Å². The molecule has 0 saturated heterocycles. The van der Waals surface area contributed by atoms with Crippen LogP contribution in [0.25, 0.3) is 21.5 Å². The molecule has 0 bridgehead atoms. The van der Waals surface area contributed by atoms with Crippen LogP contribution in [0.1, 0.15) is 0 Å². The van der Waals surface area contributed by atoms with Crippen LogP contribution in [-0.4, -0.2) is 10.0 Å². The van der Waals surface area contributed by atoms with Crippen molar-refractivity contribution in [1.82, 2.24) is 0 Å². The second kappa shape index (κ2) is 8.99. The van der Waals surface area contributed by atoms with Gasteiger partial charge in [0, 0.05) is 27.9 Å². The topological polar surface area (TPSA) is 139 Å². The number of azo groups is 2. The highest BCUT2D eigenvalue weighted by molar-refractivity contribution is 6.00. The highest BCUT2D eigenvalue weighted by Crippen LogP contribution is 2.37. The lowest BCUT2D eigenvalue weighted by Crippen LogP contribution is -1.86. The van der Waals surface area contributed by atoms with Gasteiger partial charge in [-0.3, -0.25) is 10.1 Å². The molecule has 0 aliphatic heterocycles. The summed E-state index contributed by atoms with van der Waals surface area (Å²) in [6, 6.07) is 26.2. The Morgan fingerprint density at radius 2 is 1.34 bits per heavy atom. The molecule has 0 amide bonds. The number of nitro groups is 1. The Morgan fingerprint density at radius 3 is 2.03 bits per heavy atom. The number of anilines is 1. The van der Waals surface area contributed by atoms with Crippen molar-refractivity contribution in [2.75, 3.05) is 5.73 Å². The molecule has 0 radical (unpaired) electrons. The zero-order chi connectivity index (χ0) is 24.4.